The first kappa shape index (κ1) is 20.4. The van der Waals surface area contributed by atoms with Crippen molar-refractivity contribution in [1.29, 1.82) is 0 Å². The van der Waals surface area contributed by atoms with E-state index in [1.54, 1.807) is 6.07 Å². The largest absolute Gasteiger partial charge is 0.323 e. The van der Waals surface area contributed by atoms with E-state index in [4.69, 9.17) is 0 Å². The fraction of sp³-hybridized carbons (Fsp3) is 0.350. The average molecular weight is 408 g/mol. The maximum Gasteiger partial charge on any atom is 0.227 e. The number of hydrogen-bond acceptors (Lipinski definition) is 3. The van der Waals surface area contributed by atoms with Crippen LogP contribution in [0.2, 0.25) is 0 Å². The number of hydrogen-bond donors (Lipinski definition) is 1. The van der Waals surface area contributed by atoms with E-state index in [-0.39, 0.29) is 30.4 Å². The molecule has 2 aromatic rings. The molecule has 0 atom stereocenters. The fourth-order valence-electron chi connectivity index (χ4n) is 3.33. The van der Waals surface area contributed by atoms with Crippen molar-refractivity contribution in [2.24, 2.45) is 5.92 Å². The van der Waals surface area contributed by atoms with Crippen molar-refractivity contribution in [1.82, 2.24) is 4.31 Å². The number of benzene rings is 2. The Labute approximate surface area is 163 Å². The Morgan fingerprint density at radius 1 is 1.14 bits per heavy atom. The summed E-state index contributed by atoms with van der Waals surface area (Å²) in [5.41, 5.74) is 1.64. The summed E-state index contributed by atoms with van der Waals surface area (Å²) >= 11 is 0. The van der Waals surface area contributed by atoms with Crippen LogP contribution in [0.5, 0.6) is 0 Å². The Bertz CT molecular complexity index is 971. The van der Waals surface area contributed by atoms with E-state index in [2.05, 4.69) is 5.32 Å². The molecule has 1 amide bonds. The highest BCUT2D eigenvalue weighted by molar-refractivity contribution is 7.88. The van der Waals surface area contributed by atoms with Gasteiger partial charge in [0.1, 0.15) is 11.6 Å². The summed E-state index contributed by atoms with van der Waals surface area (Å²) in [7, 11) is -3.47. The molecule has 1 aliphatic heterocycles. The van der Waals surface area contributed by atoms with Gasteiger partial charge >= 0.3 is 0 Å². The molecule has 1 aliphatic rings. The summed E-state index contributed by atoms with van der Waals surface area (Å²) < 4.78 is 53.3. The standard InChI is InChI=1S/C20H22F2N2O3S/c1-14-3-2-4-15(11-14)13-28(26,27)24-9-7-16(8-10-24)20(25)23-19-6-5-17(21)12-18(19)22/h2-6,11-12,16H,7-10,13H2,1H3,(H,23,25). The maximum atomic E-state index is 13.7. The zero-order valence-electron chi connectivity index (χ0n) is 15.5. The SMILES string of the molecule is Cc1cccc(CS(=O)(=O)N2CCC(C(=O)Nc3ccc(F)cc3F)CC2)c1. The van der Waals surface area contributed by atoms with E-state index in [1.807, 2.05) is 25.1 Å². The van der Waals surface area contributed by atoms with Crippen molar-refractivity contribution in [2.75, 3.05) is 18.4 Å². The van der Waals surface area contributed by atoms with Gasteiger partial charge in [-0.2, -0.15) is 0 Å². The number of carbonyl (C=O) groups is 1. The third-order valence-corrected chi connectivity index (χ3v) is 6.69. The van der Waals surface area contributed by atoms with Crippen molar-refractivity contribution < 1.29 is 22.0 Å². The van der Waals surface area contributed by atoms with Gasteiger partial charge in [0, 0.05) is 25.1 Å². The third-order valence-electron chi connectivity index (χ3n) is 4.84. The molecule has 0 saturated carbocycles. The predicted molar refractivity (Wildman–Crippen MR) is 103 cm³/mol. The molecule has 1 N–H and O–H groups in total. The number of anilines is 1. The molecule has 2 aromatic carbocycles. The van der Waals surface area contributed by atoms with E-state index < -0.39 is 27.6 Å². The molecule has 0 spiro atoms. The van der Waals surface area contributed by atoms with Crippen LogP contribution < -0.4 is 5.32 Å². The molecule has 0 bridgehead atoms. The van der Waals surface area contributed by atoms with Crippen LogP contribution in [0, 0.1) is 24.5 Å². The van der Waals surface area contributed by atoms with E-state index in [1.165, 1.54) is 10.4 Å². The van der Waals surface area contributed by atoms with Gasteiger partial charge in [-0.1, -0.05) is 29.8 Å². The van der Waals surface area contributed by atoms with Crippen molar-refractivity contribution in [2.45, 2.75) is 25.5 Å². The summed E-state index contributed by atoms with van der Waals surface area (Å²) in [5.74, 6) is -2.45. The van der Waals surface area contributed by atoms with Gasteiger partial charge in [-0.3, -0.25) is 4.79 Å². The van der Waals surface area contributed by atoms with Gasteiger partial charge < -0.3 is 5.32 Å². The van der Waals surface area contributed by atoms with Crippen molar-refractivity contribution in [3.05, 3.63) is 65.2 Å². The summed E-state index contributed by atoms with van der Waals surface area (Å²) in [4.78, 5) is 12.4. The Morgan fingerprint density at radius 3 is 2.50 bits per heavy atom. The van der Waals surface area contributed by atoms with Crippen LogP contribution in [0.3, 0.4) is 0 Å². The van der Waals surface area contributed by atoms with Crippen LogP contribution >= 0.6 is 0 Å². The molecular formula is C20H22F2N2O3S. The Hall–Kier alpha value is -2.32. The van der Waals surface area contributed by atoms with Crippen LogP contribution in [0.1, 0.15) is 24.0 Å². The highest BCUT2D eigenvalue weighted by Gasteiger charge is 2.31. The van der Waals surface area contributed by atoms with Crippen LogP contribution in [-0.4, -0.2) is 31.7 Å². The number of nitrogens with one attached hydrogen (secondary N) is 1. The second kappa shape index (κ2) is 8.36. The molecular weight excluding hydrogens is 386 g/mol. The van der Waals surface area contributed by atoms with Crippen LogP contribution in [0.25, 0.3) is 0 Å². The molecule has 0 radical (unpaired) electrons. The van der Waals surface area contributed by atoms with Crippen LogP contribution in [-0.2, 0) is 20.6 Å². The first-order chi connectivity index (χ1) is 13.2. The van der Waals surface area contributed by atoms with E-state index in [0.29, 0.717) is 18.9 Å². The number of aryl methyl sites for hydroxylation is 1. The number of amides is 1. The lowest BCUT2D eigenvalue weighted by Gasteiger charge is -2.30. The molecule has 1 fully saturated rings. The number of halogens is 2. The van der Waals surface area contributed by atoms with E-state index in [9.17, 15) is 22.0 Å². The molecule has 28 heavy (non-hydrogen) atoms. The van der Waals surface area contributed by atoms with Crippen molar-refractivity contribution >= 4 is 21.6 Å². The smallest absolute Gasteiger partial charge is 0.227 e. The fourth-order valence-corrected chi connectivity index (χ4v) is 4.88. The van der Waals surface area contributed by atoms with Crippen molar-refractivity contribution in [3.63, 3.8) is 0 Å². The number of rotatable bonds is 5. The Kier molecular flexibility index (Phi) is 6.10. The van der Waals surface area contributed by atoms with Gasteiger partial charge in [-0.05, 0) is 37.5 Å². The van der Waals surface area contributed by atoms with Crippen LogP contribution in [0.15, 0.2) is 42.5 Å². The molecule has 0 aliphatic carbocycles. The van der Waals surface area contributed by atoms with Gasteiger partial charge in [-0.25, -0.2) is 21.5 Å². The van der Waals surface area contributed by atoms with Crippen LogP contribution in [0.4, 0.5) is 14.5 Å². The number of carbonyl (C=O) groups excluding carboxylic acids is 1. The predicted octanol–water partition coefficient (Wildman–Crippen LogP) is 3.45. The van der Waals surface area contributed by atoms with E-state index in [0.717, 1.165) is 17.2 Å². The molecule has 0 unspecified atom stereocenters. The summed E-state index contributed by atoms with van der Waals surface area (Å²) in [6.45, 7) is 2.38. The second-order valence-electron chi connectivity index (χ2n) is 7.03. The lowest BCUT2D eigenvalue weighted by molar-refractivity contribution is -0.120. The second-order valence-corrected chi connectivity index (χ2v) is 9.00. The summed E-state index contributed by atoms with van der Waals surface area (Å²) in [6.07, 6.45) is 0.698. The minimum Gasteiger partial charge on any atom is -0.323 e. The molecule has 8 heteroatoms. The molecule has 1 heterocycles. The number of sulfonamides is 1. The number of piperidine rings is 1. The first-order valence-corrected chi connectivity index (χ1v) is 10.6. The Morgan fingerprint density at radius 2 is 1.86 bits per heavy atom. The molecule has 5 nitrogen and oxygen atoms in total. The highest BCUT2D eigenvalue weighted by Crippen LogP contribution is 2.24. The van der Waals surface area contributed by atoms with Gasteiger partial charge in [0.2, 0.25) is 15.9 Å². The minimum absolute atomic E-state index is 0.0770. The third kappa shape index (κ3) is 4.94. The van der Waals surface area contributed by atoms with Gasteiger partial charge in [0.05, 0.1) is 11.4 Å². The zero-order valence-corrected chi connectivity index (χ0v) is 16.3. The lowest BCUT2D eigenvalue weighted by atomic mass is 9.97. The van der Waals surface area contributed by atoms with Gasteiger partial charge in [0.25, 0.3) is 0 Å². The van der Waals surface area contributed by atoms with Gasteiger partial charge in [0.15, 0.2) is 0 Å². The normalized spacial score (nSPS) is 16.1. The summed E-state index contributed by atoms with van der Waals surface area (Å²) in [5, 5.41) is 2.46. The zero-order chi connectivity index (χ0) is 20.3. The molecule has 0 aromatic heterocycles. The quantitative estimate of drug-likeness (QED) is 0.824. The highest BCUT2D eigenvalue weighted by atomic mass is 32.2. The summed E-state index contributed by atoms with van der Waals surface area (Å²) in [6, 6.07) is 10.3. The number of nitrogens with zero attached hydrogens (tertiary/aromatic N) is 1. The topological polar surface area (TPSA) is 66.5 Å². The molecule has 3 rings (SSSR count). The monoisotopic (exact) mass is 408 g/mol. The molecule has 150 valence electrons. The average Bonchev–Trinajstić information content (AvgIpc) is 2.64. The lowest BCUT2D eigenvalue weighted by Crippen LogP contribution is -2.41. The van der Waals surface area contributed by atoms with Crippen molar-refractivity contribution in [3.8, 4) is 0 Å². The minimum atomic E-state index is -3.47. The van der Waals surface area contributed by atoms with Gasteiger partial charge in [-0.15, -0.1) is 0 Å². The maximum absolute atomic E-state index is 13.7. The van der Waals surface area contributed by atoms with E-state index >= 15 is 0 Å². The molecule has 1 saturated heterocycles. The Balaban J connectivity index is 1.58. The first-order valence-electron chi connectivity index (χ1n) is 9.04.